The molecule has 0 nitrogen and oxygen atoms in total. The van der Waals surface area contributed by atoms with Crippen LogP contribution in [0.2, 0.25) is 0 Å². The minimum atomic E-state index is -0.0464. The highest BCUT2D eigenvalue weighted by Crippen LogP contribution is 2.31. The largest absolute Gasteiger partial charge is 0.102 e. The Labute approximate surface area is 82.9 Å². The Morgan fingerprint density at radius 2 is 1.69 bits per heavy atom. The summed E-state index contributed by atoms with van der Waals surface area (Å²) in [7, 11) is -0.0464. The second kappa shape index (κ2) is 9.12. The molecule has 0 aromatic heterocycles. The minimum absolute atomic E-state index is 0.0464. The fourth-order valence-corrected chi connectivity index (χ4v) is 1.56. The van der Waals surface area contributed by atoms with Crippen LogP contribution >= 0.6 is 7.92 Å². The van der Waals surface area contributed by atoms with Gasteiger partial charge in [-0.1, -0.05) is 31.7 Å². The van der Waals surface area contributed by atoms with Crippen molar-refractivity contribution in [2.75, 3.05) is 12.8 Å². The van der Waals surface area contributed by atoms with Crippen molar-refractivity contribution in [1.82, 2.24) is 0 Å². The quantitative estimate of drug-likeness (QED) is 0.473. The van der Waals surface area contributed by atoms with Crippen molar-refractivity contribution in [2.24, 2.45) is 0 Å². The Morgan fingerprint density at radius 3 is 2.31 bits per heavy atom. The van der Waals surface area contributed by atoms with Crippen molar-refractivity contribution in [3.05, 3.63) is 24.0 Å². The summed E-state index contributed by atoms with van der Waals surface area (Å²) in [6.07, 6.45) is 7.06. The van der Waals surface area contributed by atoms with Crippen molar-refractivity contribution in [2.45, 2.75) is 13.8 Å². The van der Waals surface area contributed by atoms with Crippen LogP contribution in [0.15, 0.2) is 24.0 Å². The Hall–Kier alpha value is -0.970. The predicted octanol–water partition coefficient (Wildman–Crippen LogP) is 3.21. The lowest BCUT2D eigenvalue weighted by Crippen LogP contribution is -1.71. The molecule has 0 N–H and O–H groups in total. The van der Waals surface area contributed by atoms with E-state index < -0.39 is 0 Å². The van der Waals surface area contributed by atoms with E-state index in [2.05, 4.69) is 42.2 Å². The molecule has 13 heavy (non-hydrogen) atoms. The third-order valence-electron chi connectivity index (χ3n) is 1.30. The van der Waals surface area contributed by atoms with Crippen molar-refractivity contribution >= 4 is 7.92 Å². The minimum Gasteiger partial charge on any atom is -0.102 e. The Balaban J connectivity index is 3.76. The van der Waals surface area contributed by atoms with Gasteiger partial charge in [-0.25, -0.2) is 0 Å². The maximum atomic E-state index is 2.91. The molecule has 1 heteroatoms. The van der Waals surface area contributed by atoms with Crippen molar-refractivity contribution in [3.8, 4) is 23.7 Å². The molecule has 0 heterocycles. The second-order valence-corrected chi connectivity index (χ2v) is 4.62. The van der Waals surface area contributed by atoms with E-state index in [0.29, 0.717) is 0 Å². The average Bonchev–Trinajstić information content (AvgIpc) is 2.13. The third kappa shape index (κ3) is 8.94. The van der Waals surface area contributed by atoms with Crippen LogP contribution in [0.3, 0.4) is 0 Å². The van der Waals surface area contributed by atoms with E-state index in [9.17, 15) is 0 Å². The SMILES string of the molecule is CC#CC=CCP(C)C=CC#CC. The molecule has 68 valence electrons. The molecule has 0 rings (SSSR count). The predicted molar refractivity (Wildman–Crippen MR) is 62.9 cm³/mol. The highest BCUT2D eigenvalue weighted by Gasteiger charge is 1.89. The standard InChI is InChI=1S/C12H15P/c1-4-6-8-10-12-13(3)11-9-7-5-2/h8-11H,12H2,1-3H3. The van der Waals surface area contributed by atoms with E-state index in [1.165, 1.54) is 0 Å². The lowest BCUT2D eigenvalue weighted by atomic mass is 10.5. The topological polar surface area (TPSA) is 0 Å². The smallest absolute Gasteiger partial charge is 0.00235 e. The zero-order chi connectivity index (χ0) is 9.94. The van der Waals surface area contributed by atoms with Gasteiger partial charge >= 0.3 is 0 Å². The van der Waals surface area contributed by atoms with Gasteiger partial charge in [0.25, 0.3) is 0 Å². The summed E-state index contributed by atoms with van der Waals surface area (Å²) in [4.78, 5) is 0. The van der Waals surface area contributed by atoms with Crippen LogP contribution in [0, 0.1) is 23.7 Å². The van der Waals surface area contributed by atoms with Gasteiger partial charge in [-0.15, -0.1) is 11.8 Å². The molecule has 0 saturated heterocycles. The van der Waals surface area contributed by atoms with Gasteiger partial charge in [-0.05, 0) is 38.8 Å². The first-order valence-electron chi connectivity index (χ1n) is 4.17. The lowest BCUT2D eigenvalue weighted by molar-refractivity contribution is 1.73. The first kappa shape index (κ1) is 12.0. The van der Waals surface area contributed by atoms with Crippen LogP contribution in [-0.2, 0) is 0 Å². The summed E-state index contributed by atoms with van der Waals surface area (Å²) < 4.78 is 0. The van der Waals surface area contributed by atoms with Gasteiger partial charge in [0.15, 0.2) is 0 Å². The van der Waals surface area contributed by atoms with Gasteiger partial charge < -0.3 is 0 Å². The van der Waals surface area contributed by atoms with Crippen LogP contribution in [0.1, 0.15) is 13.8 Å². The highest BCUT2D eigenvalue weighted by atomic mass is 31.1. The van der Waals surface area contributed by atoms with Gasteiger partial charge in [-0.2, -0.15) is 0 Å². The fourth-order valence-electron chi connectivity index (χ4n) is 0.670. The Morgan fingerprint density at radius 1 is 1.08 bits per heavy atom. The first-order chi connectivity index (χ1) is 6.31. The van der Waals surface area contributed by atoms with Crippen LogP contribution in [0.4, 0.5) is 0 Å². The molecule has 0 spiro atoms. The van der Waals surface area contributed by atoms with Crippen molar-refractivity contribution in [3.63, 3.8) is 0 Å². The highest BCUT2D eigenvalue weighted by molar-refractivity contribution is 7.60. The summed E-state index contributed by atoms with van der Waals surface area (Å²) in [5, 5.41) is 0. The summed E-state index contributed by atoms with van der Waals surface area (Å²) >= 11 is 0. The second-order valence-electron chi connectivity index (χ2n) is 2.45. The first-order valence-corrected chi connectivity index (χ1v) is 6.22. The molecule has 0 amide bonds. The van der Waals surface area contributed by atoms with Crippen molar-refractivity contribution in [1.29, 1.82) is 0 Å². The molecule has 1 atom stereocenters. The third-order valence-corrected chi connectivity index (χ3v) is 2.74. The summed E-state index contributed by atoms with van der Waals surface area (Å²) in [5.41, 5.74) is 0. The van der Waals surface area contributed by atoms with E-state index in [1.54, 1.807) is 0 Å². The number of hydrogen-bond donors (Lipinski definition) is 0. The number of rotatable bonds is 3. The number of allylic oxidation sites excluding steroid dienone is 3. The molecule has 0 aliphatic rings. The van der Waals surface area contributed by atoms with Gasteiger partial charge in [-0.3, -0.25) is 0 Å². The molecule has 0 aliphatic heterocycles. The molecular formula is C12H15P. The van der Waals surface area contributed by atoms with Crippen LogP contribution < -0.4 is 0 Å². The zero-order valence-corrected chi connectivity index (χ0v) is 9.36. The van der Waals surface area contributed by atoms with E-state index in [4.69, 9.17) is 0 Å². The van der Waals surface area contributed by atoms with Crippen LogP contribution in [-0.4, -0.2) is 12.8 Å². The van der Waals surface area contributed by atoms with Crippen LogP contribution in [0.5, 0.6) is 0 Å². The Kier molecular flexibility index (Phi) is 8.44. The zero-order valence-electron chi connectivity index (χ0n) is 8.46. The number of hydrogen-bond acceptors (Lipinski definition) is 0. The molecule has 0 saturated carbocycles. The molecular weight excluding hydrogens is 175 g/mol. The molecule has 0 radical (unpaired) electrons. The van der Waals surface area contributed by atoms with Gasteiger partial charge in [0.2, 0.25) is 0 Å². The fraction of sp³-hybridized carbons (Fsp3) is 0.333. The summed E-state index contributed by atoms with van der Waals surface area (Å²) in [5.74, 6) is 13.6. The van der Waals surface area contributed by atoms with Crippen molar-refractivity contribution < 1.29 is 0 Å². The van der Waals surface area contributed by atoms with E-state index >= 15 is 0 Å². The molecule has 0 bridgehead atoms. The lowest BCUT2D eigenvalue weighted by Gasteiger charge is -1.98. The van der Waals surface area contributed by atoms with Crippen LogP contribution in [0.25, 0.3) is 0 Å². The summed E-state index contributed by atoms with van der Waals surface area (Å²) in [6, 6.07) is 0. The molecule has 0 fully saturated rings. The normalized spacial score (nSPS) is 11.9. The van der Waals surface area contributed by atoms with E-state index in [-0.39, 0.29) is 7.92 Å². The van der Waals surface area contributed by atoms with Gasteiger partial charge in [0.05, 0.1) is 0 Å². The Bertz CT molecular complexity index is 289. The average molecular weight is 190 g/mol. The monoisotopic (exact) mass is 190 g/mol. The summed E-state index contributed by atoms with van der Waals surface area (Å²) in [6.45, 7) is 5.92. The van der Waals surface area contributed by atoms with Gasteiger partial charge in [0.1, 0.15) is 0 Å². The molecule has 0 aromatic rings. The maximum Gasteiger partial charge on any atom is -0.00235 e. The van der Waals surface area contributed by atoms with E-state index in [1.807, 2.05) is 26.0 Å². The molecule has 0 aromatic carbocycles. The van der Waals surface area contributed by atoms with Gasteiger partial charge in [0, 0.05) is 0 Å². The maximum absolute atomic E-state index is 2.91. The van der Waals surface area contributed by atoms with E-state index in [0.717, 1.165) is 6.16 Å². The molecule has 1 unspecified atom stereocenters. The molecule has 0 aliphatic carbocycles.